The minimum atomic E-state index is 0.477. The highest BCUT2D eigenvalue weighted by Gasteiger charge is 2.14. The minimum absolute atomic E-state index is 0.477. The number of hydrogen-bond donors (Lipinski definition) is 1. The lowest BCUT2D eigenvalue weighted by Crippen LogP contribution is -2.22. The molecular formula is C14H25NO. The summed E-state index contributed by atoms with van der Waals surface area (Å²) >= 11 is 0. The molecule has 1 rings (SSSR count). The normalized spacial score (nSPS) is 12.9. The number of rotatable bonds is 8. The molecule has 0 aliphatic rings. The zero-order chi connectivity index (χ0) is 11.8. The van der Waals surface area contributed by atoms with Gasteiger partial charge in [-0.2, -0.15) is 0 Å². The number of hydrogen-bond acceptors (Lipinski definition) is 2. The van der Waals surface area contributed by atoms with Gasteiger partial charge in [0.2, 0.25) is 0 Å². The zero-order valence-corrected chi connectivity index (χ0v) is 10.9. The van der Waals surface area contributed by atoms with Crippen LogP contribution in [-0.2, 0) is 0 Å². The minimum Gasteiger partial charge on any atom is -0.469 e. The topological polar surface area (TPSA) is 25.2 Å². The maximum absolute atomic E-state index is 5.39. The fraction of sp³-hybridized carbons (Fsp3) is 0.714. The van der Waals surface area contributed by atoms with Crippen molar-refractivity contribution in [2.75, 3.05) is 6.54 Å². The monoisotopic (exact) mass is 223 g/mol. The standard InChI is InChI=1S/C14H25NO/c1-4-6-7-8-14(15-10-5-2)13-9-11-16-12(13)3/h9,11,14-15H,4-8,10H2,1-3H3. The van der Waals surface area contributed by atoms with E-state index in [-0.39, 0.29) is 0 Å². The van der Waals surface area contributed by atoms with Crippen molar-refractivity contribution < 1.29 is 4.42 Å². The van der Waals surface area contributed by atoms with Crippen LogP contribution in [0.1, 0.15) is 63.3 Å². The van der Waals surface area contributed by atoms with Gasteiger partial charge in [0.05, 0.1) is 6.26 Å². The van der Waals surface area contributed by atoms with Gasteiger partial charge in [0.25, 0.3) is 0 Å². The molecule has 0 bridgehead atoms. The summed E-state index contributed by atoms with van der Waals surface area (Å²) < 4.78 is 5.39. The number of unbranched alkanes of at least 4 members (excludes halogenated alkanes) is 2. The van der Waals surface area contributed by atoms with E-state index >= 15 is 0 Å². The molecule has 0 spiro atoms. The van der Waals surface area contributed by atoms with Crippen molar-refractivity contribution in [1.82, 2.24) is 5.32 Å². The van der Waals surface area contributed by atoms with Crippen molar-refractivity contribution in [3.05, 3.63) is 23.7 Å². The predicted molar refractivity (Wildman–Crippen MR) is 68.6 cm³/mol. The summed E-state index contributed by atoms with van der Waals surface area (Å²) in [6.45, 7) is 7.59. The maximum atomic E-state index is 5.39. The second kappa shape index (κ2) is 7.50. The molecule has 0 saturated carbocycles. The summed E-state index contributed by atoms with van der Waals surface area (Å²) in [6.07, 6.45) is 8.09. The van der Waals surface area contributed by atoms with Gasteiger partial charge in [0.15, 0.2) is 0 Å². The first kappa shape index (κ1) is 13.3. The lowest BCUT2D eigenvalue weighted by molar-refractivity contribution is 0.459. The molecule has 1 atom stereocenters. The Balaban J connectivity index is 2.53. The van der Waals surface area contributed by atoms with Crippen LogP contribution in [0, 0.1) is 6.92 Å². The molecule has 0 fully saturated rings. The van der Waals surface area contributed by atoms with Crippen LogP contribution in [0.2, 0.25) is 0 Å². The van der Waals surface area contributed by atoms with Gasteiger partial charge < -0.3 is 9.73 Å². The third kappa shape index (κ3) is 4.01. The van der Waals surface area contributed by atoms with Gasteiger partial charge in [-0.15, -0.1) is 0 Å². The molecule has 2 heteroatoms. The van der Waals surface area contributed by atoms with E-state index in [2.05, 4.69) is 32.2 Å². The fourth-order valence-corrected chi connectivity index (χ4v) is 2.04. The molecule has 1 aromatic heterocycles. The van der Waals surface area contributed by atoms with E-state index in [1.54, 1.807) is 6.26 Å². The van der Waals surface area contributed by atoms with E-state index in [1.807, 2.05) is 0 Å². The molecule has 0 aromatic carbocycles. The van der Waals surface area contributed by atoms with Crippen LogP contribution in [0.4, 0.5) is 0 Å². The Bertz CT molecular complexity index is 280. The highest BCUT2D eigenvalue weighted by Crippen LogP contribution is 2.23. The molecule has 1 N–H and O–H groups in total. The molecule has 0 aliphatic carbocycles. The van der Waals surface area contributed by atoms with E-state index in [1.165, 1.54) is 37.7 Å². The van der Waals surface area contributed by atoms with E-state index in [0.717, 1.165) is 12.3 Å². The third-order valence-electron chi connectivity index (χ3n) is 3.01. The van der Waals surface area contributed by atoms with Gasteiger partial charge in [-0.05, 0) is 32.4 Å². The molecule has 1 heterocycles. The van der Waals surface area contributed by atoms with Gasteiger partial charge in [-0.3, -0.25) is 0 Å². The van der Waals surface area contributed by atoms with Crippen LogP contribution in [0.25, 0.3) is 0 Å². The van der Waals surface area contributed by atoms with Crippen molar-refractivity contribution >= 4 is 0 Å². The van der Waals surface area contributed by atoms with Crippen LogP contribution >= 0.6 is 0 Å². The van der Waals surface area contributed by atoms with E-state index in [0.29, 0.717) is 6.04 Å². The van der Waals surface area contributed by atoms with Gasteiger partial charge in [-0.1, -0.05) is 33.1 Å². The largest absolute Gasteiger partial charge is 0.469 e. The summed E-state index contributed by atoms with van der Waals surface area (Å²) in [6, 6.07) is 2.58. The average molecular weight is 223 g/mol. The quantitative estimate of drug-likeness (QED) is 0.668. The van der Waals surface area contributed by atoms with Gasteiger partial charge in [0.1, 0.15) is 5.76 Å². The molecule has 0 radical (unpaired) electrons. The Hall–Kier alpha value is -0.760. The van der Waals surface area contributed by atoms with Crippen molar-refractivity contribution in [1.29, 1.82) is 0 Å². The third-order valence-corrected chi connectivity index (χ3v) is 3.01. The Morgan fingerprint density at radius 3 is 2.62 bits per heavy atom. The molecule has 0 amide bonds. The Labute approximate surface area is 99.4 Å². The van der Waals surface area contributed by atoms with Crippen molar-refractivity contribution in [2.45, 2.75) is 58.9 Å². The van der Waals surface area contributed by atoms with Crippen molar-refractivity contribution in [3.8, 4) is 0 Å². The van der Waals surface area contributed by atoms with E-state index in [4.69, 9.17) is 4.42 Å². The van der Waals surface area contributed by atoms with Crippen LogP contribution < -0.4 is 5.32 Å². The SMILES string of the molecule is CCCCCC(NCCC)c1ccoc1C. The zero-order valence-electron chi connectivity index (χ0n) is 10.9. The Morgan fingerprint density at radius 1 is 1.25 bits per heavy atom. The van der Waals surface area contributed by atoms with Gasteiger partial charge >= 0.3 is 0 Å². The van der Waals surface area contributed by atoms with Crippen molar-refractivity contribution in [3.63, 3.8) is 0 Å². The van der Waals surface area contributed by atoms with Gasteiger partial charge in [0, 0.05) is 11.6 Å². The van der Waals surface area contributed by atoms with Crippen LogP contribution in [-0.4, -0.2) is 6.54 Å². The predicted octanol–water partition coefficient (Wildman–Crippen LogP) is 4.21. The molecule has 0 aliphatic heterocycles. The second-order valence-corrected chi connectivity index (χ2v) is 4.43. The first-order valence-corrected chi connectivity index (χ1v) is 6.57. The highest BCUT2D eigenvalue weighted by molar-refractivity contribution is 5.20. The summed E-state index contributed by atoms with van der Waals surface area (Å²) in [5, 5.41) is 3.61. The van der Waals surface area contributed by atoms with Gasteiger partial charge in [-0.25, -0.2) is 0 Å². The molecule has 0 saturated heterocycles. The van der Waals surface area contributed by atoms with E-state index < -0.39 is 0 Å². The lowest BCUT2D eigenvalue weighted by atomic mass is 10.0. The first-order chi connectivity index (χ1) is 7.79. The fourth-order valence-electron chi connectivity index (χ4n) is 2.04. The number of furan rings is 1. The molecule has 1 unspecified atom stereocenters. The summed E-state index contributed by atoms with van der Waals surface area (Å²) in [5.74, 6) is 1.06. The number of aryl methyl sites for hydroxylation is 1. The summed E-state index contributed by atoms with van der Waals surface area (Å²) in [5.41, 5.74) is 1.34. The van der Waals surface area contributed by atoms with Crippen LogP contribution in [0.15, 0.2) is 16.7 Å². The maximum Gasteiger partial charge on any atom is 0.105 e. The van der Waals surface area contributed by atoms with Crippen LogP contribution in [0.5, 0.6) is 0 Å². The molecular weight excluding hydrogens is 198 g/mol. The Morgan fingerprint density at radius 2 is 2.06 bits per heavy atom. The highest BCUT2D eigenvalue weighted by atomic mass is 16.3. The Kier molecular flexibility index (Phi) is 6.24. The smallest absolute Gasteiger partial charge is 0.105 e. The first-order valence-electron chi connectivity index (χ1n) is 6.57. The second-order valence-electron chi connectivity index (χ2n) is 4.43. The molecule has 92 valence electrons. The summed E-state index contributed by atoms with van der Waals surface area (Å²) in [7, 11) is 0. The lowest BCUT2D eigenvalue weighted by Gasteiger charge is -2.17. The van der Waals surface area contributed by atoms with Crippen LogP contribution in [0.3, 0.4) is 0 Å². The van der Waals surface area contributed by atoms with E-state index in [9.17, 15) is 0 Å². The van der Waals surface area contributed by atoms with Crippen molar-refractivity contribution in [2.24, 2.45) is 0 Å². The molecule has 16 heavy (non-hydrogen) atoms. The summed E-state index contributed by atoms with van der Waals surface area (Å²) in [4.78, 5) is 0. The average Bonchev–Trinajstić information content (AvgIpc) is 2.70. The molecule has 1 aromatic rings. The number of nitrogens with one attached hydrogen (secondary N) is 1. The molecule has 2 nitrogen and oxygen atoms in total.